The quantitative estimate of drug-likeness (QED) is 0.616. The number of amides is 1. The maximum atomic E-state index is 13.4. The molecule has 9 heteroatoms. The molecule has 0 aromatic heterocycles. The fraction of sp³-hybridized carbons (Fsp3) is 0.409. The van der Waals surface area contributed by atoms with Gasteiger partial charge in [-0.05, 0) is 48.9 Å². The van der Waals surface area contributed by atoms with Crippen molar-refractivity contribution in [3.63, 3.8) is 0 Å². The number of carbonyl (C=O) groups is 1. The molecule has 168 valence electrons. The molecule has 2 aromatic rings. The minimum absolute atomic E-state index is 0.0421. The van der Waals surface area contributed by atoms with E-state index in [-0.39, 0.29) is 30.3 Å². The summed E-state index contributed by atoms with van der Waals surface area (Å²) in [6, 6.07) is 13.4. The van der Waals surface area contributed by atoms with Crippen molar-refractivity contribution in [1.29, 1.82) is 0 Å². The molecular weight excluding hydrogens is 438 g/mol. The number of ether oxygens (including phenoxy) is 1. The number of nitrogens with zero attached hydrogens (tertiary/aromatic N) is 2. The molecule has 0 spiro atoms. The van der Waals surface area contributed by atoms with Gasteiger partial charge in [-0.3, -0.25) is 4.79 Å². The van der Waals surface area contributed by atoms with E-state index in [2.05, 4.69) is 5.32 Å². The topological polar surface area (TPSA) is 79.0 Å². The highest BCUT2D eigenvalue weighted by atomic mass is 35.5. The van der Waals surface area contributed by atoms with Crippen LogP contribution in [0.5, 0.6) is 5.75 Å². The zero-order valence-corrected chi connectivity index (χ0v) is 19.2. The van der Waals surface area contributed by atoms with E-state index in [1.165, 1.54) is 16.4 Å². The monoisotopic (exact) mass is 465 g/mol. The molecule has 0 atom stereocenters. The number of halogens is 1. The summed E-state index contributed by atoms with van der Waals surface area (Å²) in [5.41, 5.74) is 0.761. The van der Waals surface area contributed by atoms with Crippen molar-refractivity contribution >= 4 is 27.5 Å². The third-order valence-electron chi connectivity index (χ3n) is 5.07. The first-order chi connectivity index (χ1) is 14.9. The zero-order valence-electron chi connectivity index (χ0n) is 17.6. The molecule has 1 fully saturated rings. The second kappa shape index (κ2) is 10.9. The van der Waals surface area contributed by atoms with Crippen LogP contribution in [0.15, 0.2) is 53.4 Å². The van der Waals surface area contributed by atoms with Crippen LogP contribution in [0.25, 0.3) is 0 Å². The van der Waals surface area contributed by atoms with E-state index in [9.17, 15) is 13.2 Å². The number of sulfonamides is 1. The summed E-state index contributed by atoms with van der Waals surface area (Å²) < 4.78 is 33.5. The maximum absolute atomic E-state index is 13.4. The summed E-state index contributed by atoms with van der Waals surface area (Å²) in [7, 11) is -3.82. The minimum atomic E-state index is -3.82. The molecule has 31 heavy (non-hydrogen) atoms. The van der Waals surface area contributed by atoms with Gasteiger partial charge in [-0.25, -0.2) is 8.42 Å². The molecule has 0 radical (unpaired) electrons. The first-order valence-electron chi connectivity index (χ1n) is 10.4. The molecular formula is C22H28ClN3O4S. The Hall–Kier alpha value is -2.13. The van der Waals surface area contributed by atoms with E-state index in [1.54, 1.807) is 35.2 Å². The molecule has 0 saturated carbocycles. The van der Waals surface area contributed by atoms with E-state index in [1.807, 2.05) is 13.0 Å². The highest BCUT2D eigenvalue weighted by Gasteiger charge is 2.26. The lowest BCUT2D eigenvalue weighted by Crippen LogP contribution is -2.47. The van der Waals surface area contributed by atoms with Crippen LogP contribution in [0.4, 0.5) is 0 Å². The van der Waals surface area contributed by atoms with Crippen LogP contribution in [0.3, 0.4) is 0 Å². The standard InChI is InChI=1S/C22H28ClN3O4S/c1-2-30-20-6-8-21(9-7-20)31(28,29)26(17-18-4-3-5-19(23)16-18)13-10-22(27)25-14-11-24-12-15-25/h3-9,16,24H,2,10-15,17H2,1H3. The van der Waals surface area contributed by atoms with Crippen molar-refractivity contribution in [2.24, 2.45) is 0 Å². The van der Waals surface area contributed by atoms with Gasteiger partial charge in [0.05, 0.1) is 11.5 Å². The summed E-state index contributed by atoms with van der Waals surface area (Å²) >= 11 is 6.09. The first kappa shape index (κ1) is 23.5. The van der Waals surface area contributed by atoms with Gasteiger partial charge in [0.1, 0.15) is 5.75 Å². The largest absolute Gasteiger partial charge is 0.494 e. The number of rotatable bonds is 9. The van der Waals surface area contributed by atoms with E-state index >= 15 is 0 Å². The van der Waals surface area contributed by atoms with Crippen molar-refractivity contribution in [3.8, 4) is 5.75 Å². The lowest BCUT2D eigenvalue weighted by molar-refractivity contribution is -0.131. The molecule has 1 aliphatic rings. The molecule has 2 aromatic carbocycles. The third-order valence-corrected chi connectivity index (χ3v) is 7.16. The summed E-state index contributed by atoms with van der Waals surface area (Å²) in [6.07, 6.45) is 0.122. The van der Waals surface area contributed by atoms with Crippen LogP contribution in [-0.4, -0.2) is 62.9 Å². The molecule has 7 nitrogen and oxygen atoms in total. The molecule has 0 unspecified atom stereocenters. The number of nitrogens with one attached hydrogen (secondary N) is 1. The number of benzene rings is 2. The average Bonchev–Trinajstić information content (AvgIpc) is 2.77. The summed E-state index contributed by atoms with van der Waals surface area (Å²) in [5, 5.41) is 3.74. The van der Waals surface area contributed by atoms with Crippen molar-refractivity contribution in [2.45, 2.75) is 24.8 Å². The van der Waals surface area contributed by atoms with Crippen molar-refractivity contribution in [1.82, 2.24) is 14.5 Å². The van der Waals surface area contributed by atoms with Crippen LogP contribution in [0.1, 0.15) is 18.9 Å². The maximum Gasteiger partial charge on any atom is 0.243 e. The fourth-order valence-corrected chi connectivity index (χ4v) is 5.08. The first-order valence-corrected chi connectivity index (χ1v) is 12.2. The van der Waals surface area contributed by atoms with Crippen molar-refractivity contribution < 1.29 is 17.9 Å². The molecule has 1 aliphatic heterocycles. The molecule has 0 aliphatic carbocycles. The van der Waals surface area contributed by atoms with Gasteiger partial charge >= 0.3 is 0 Å². The smallest absolute Gasteiger partial charge is 0.243 e. The lowest BCUT2D eigenvalue weighted by Gasteiger charge is -2.29. The van der Waals surface area contributed by atoms with Gasteiger partial charge in [-0.1, -0.05) is 23.7 Å². The van der Waals surface area contributed by atoms with Gasteiger partial charge in [0.15, 0.2) is 0 Å². The van der Waals surface area contributed by atoms with Crippen LogP contribution in [0, 0.1) is 0 Å². The molecule has 0 bridgehead atoms. The summed E-state index contributed by atoms with van der Waals surface area (Å²) in [6.45, 7) is 5.37. The fourth-order valence-electron chi connectivity index (χ4n) is 3.44. The number of carbonyl (C=O) groups excluding carboxylic acids is 1. The average molecular weight is 466 g/mol. The minimum Gasteiger partial charge on any atom is -0.494 e. The highest BCUT2D eigenvalue weighted by molar-refractivity contribution is 7.89. The third kappa shape index (κ3) is 6.43. The van der Waals surface area contributed by atoms with Crippen LogP contribution in [0.2, 0.25) is 5.02 Å². The van der Waals surface area contributed by atoms with Gasteiger partial charge in [0.25, 0.3) is 0 Å². The number of piperazine rings is 1. The predicted molar refractivity (Wildman–Crippen MR) is 121 cm³/mol. The summed E-state index contributed by atoms with van der Waals surface area (Å²) in [4.78, 5) is 14.6. The normalized spacial score (nSPS) is 14.6. The molecule has 1 N–H and O–H groups in total. The Morgan fingerprint density at radius 2 is 1.87 bits per heavy atom. The Morgan fingerprint density at radius 1 is 1.16 bits per heavy atom. The lowest BCUT2D eigenvalue weighted by atomic mass is 10.2. The van der Waals surface area contributed by atoms with Crippen LogP contribution >= 0.6 is 11.6 Å². The van der Waals surface area contributed by atoms with Gasteiger partial charge in [-0.2, -0.15) is 4.31 Å². The summed E-state index contributed by atoms with van der Waals surface area (Å²) in [5.74, 6) is 0.566. The molecule has 3 rings (SSSR count). The second-order valence-corrected chi connectivity index (χ2v) is 9.63. The van der Waals surface area contributed by atoms with Crippen molar-refractivity contribution in [3.05, 3.63) is 59.1 Å². The predicted octanol–water partition coefficient (Wildman–Crippen LogP) is 2.75. The Morgan fingerprint density at radius 3 is 2.52 bits per heavy atom. The Labute approximate surface area is 189 Å². The highest BCUT2D eigenvalue weighted by Crippen LogP contribution is 2.23. The van der Waals surface area contributed by atoms with Gasteiger partial charge < -0.3 is 15.0 Å². The number of hydrogen-bond acceptors (Lipinski definition) is 5. The van der Waals surface area contributed by atoms with Gasteiger partial charge in [0, 0.05) is 50.7 Å². The Balaban J connectivity index is 1.80. The van der Waals surface area contributed by atoms with Gasteiger partial charge in [-0.15, -0.1) is 0 Å². The van der Waals surface area contributed by atoms with E-state index in [0.717, 1.165) is 18.7 Å². The molecule has 1 heterocycles. The van der Waals surface area contributed by atoms with E-state index in [4.69, 9.17) is 16.3 Å². The van der Waals surface area contributed by atoms with Crippen molar-refractivity contribution in [2.75, 3.05) is 39.3 Å². The van der Waals surface area contributed by atoms with Crippen LogP contribution < -0.4 is 10.1 Å². The van der Waals surface area contributed by atoms with Gasteiger partial charge in [0.2, 0.25) is 15.9 Å². The van der Waals surface area contributed by atoms with E-state index in [0.29, 0.717) is 30.5 Å². The second-order valence-electron chi connectivity index (χ2n) is 7.25. The molecule has 1 saturated heterocycles. The Bertz CT molecular complexity index is 977. The Kier molecular flexibility index (Phi) is 8.31. The van der Waals surface area contributed by atoms with E-state index < -0.39 is 10.0 Å². The SMILES string of the molecule is CCOc1ccc(S(=O)(=O)N(CCC(=O)N2CCNCC2)Cc2cccc(Cl)c2)cc1. The van der Waals surface area contributed by atoms with Crippen LogP contribution in [-0.2, 0) is 21.4 Å². The molecule has 1 amide bonds. The number of hydrogen-bond donors (Lipinski definition) is 1. The zero-order chi connectivity index (χ0) is 22.3.